The molecule has 1 saturated heterocycles. The van der Waals surface area contributed by atoms with Gasteiger partial charge in [0.25, 0.3) is 0 Å². The monoisotopic (exact) mass is 242 g/mol. The number of hydrogen-bond donors (Lipinski definition) is 1. The van der Waals surface area contributed by atoms with E-state index in [1.807, 2.05) is 18.2 Å². The van der Waals surface area contributed by atoms with Gasteiger partial charge in [-0.3, -0.25) is 4.98 Å². The summed E-state index contributed by atoms with van der Waals surface area (Å²) in [5, 5.41) is 1.18. The third-order valence-corrected chi connectivity index (χ3v) is 3.67. The molecule has 3 nitrogen and oxygen atoms in total. The third kappa shape index (κ3) is 2.37. The Balaban J connectivity index is 1.77. The van der Waals surface area contributed by atoms with Crippen molar-refractivity contribution < 1.29 is 4.74 Å². The predicted molar refractivity (Wildman–Crippen MR) is 72.3 cm³/mol. The third-order valence-electron chi connectivity index (χ3n) is 3.67. The van der Waals surface area contributed by atoms with Gasteiger partial charge in [0.1, 0.15) is 0 Å². The molecule has 1 aliphatic rings. The van der Waals surface area contributed by atoms with E-state index in [1.165, 1.54) is 5.39 Å². The molecule has 1 aromatic heterocycles. The van der Waals surface area contributed by atoms with E-state index in [1.54, 1.807) is 0 Å². The zero-order chi connectivity index (χ0) is 12.4. The maximum atomic E-state index is 6.24. The summed E-state index contributed by atoms with van der Waals surface area (Å²) in [6.07, 6.45) is 1.91. The van der Waals surface area contributed by atoms with Gasteiger partial charge in [0.2, 0.25) is 0 Å². The van der Waals surface area contributed by atoms with Crippen LogP contribution >= 0.6 is 0 Å². The molecule has 18 heavy (non-hydrogen) atoms. The number of benzene rings is 1. The zero-order valence-corrected chi connectivity index (χ0v) is 10.4. The molecule has 2 unspecified atom stereocenters. The minimum atomic E-state index is 0.154. The molecule has 1 aromatic carbocycles. The van der Waals surface area contributed by atoms with Crippen LogP contribution < -0.4 is 5.73 Å². The van der Waals surface area contributed by atoms with Crippen LogP contribution in [-0.4, -0.2) is 24.2 Å². The Bertz CT molecular complexity index is 535. The first-order valence-corrected chi connectivity index (χ1v) is 6.51. The summed E-state index contributed by atoms with van der Waals surface area (Å²) in [5.74, 6) is 0.485. The summed E-state index contributed by atoms with van der Waals surface area (Å²) in [7, 11) is 0. The molecule has 0 saturated carbocycles. The topological polar surface area (TPSA) is 48.1 Å². The molecular formula is C15H18N2O. The minimum absolute atomic E-state index is 0.154. The van der Waals surface area contributed by atoms with Crippen molar-refractivity contribution in [3.8, 4) is 0 Å². The summed E-state index contributed by atoms with van der Waals surface area (Å²) >= 11 is 0. The summed E-state index contributed by atoms with van der Waals surface area (Å²) in [6.45, 7) is 1.65. The molecule has 0 spiro atoms. The van der Waals surface area contributed by atoms with Gasteiger partial charge in [0, 0.05) is 30.1 Å². The van der Waals surface area contributed by atoms with E-state index in [-0.39, 0.29) is 6.04 Å². The standard InChI is InChI=1S/C15H18N2O/c16-14(12-7-8-18-10-12)9-13-6-5-11-3-1-2-4-15(11)17-13/h1-6,12,14H,7-10,16H2. The number of pyridine rings is 1. The van der Waals surface area contributed by atoms with Gasteiger partial charge in [-0.1, -0.05) is 24.3 Å². The molecule has 94 valence electrons. The summed E-state index contributed by atoms with van der Waals surface area (Å²) < 4.78 is 5.39. The van der Waals surface area contributed by atoms with Crippen LogP contribution in [-0.2, 0) is 11.2 Å². The molecule has 2 N–H and O–H groups in total. The highest BCUT2D eigenvalue weighted by Crippen LogP contribution is 2.19. The fourth-order valence-corrected chi connectivity index (χ4v) is 2.52. The van der Waals surface area contributed by atoms with Gasteiger partial charge in [0.15, 0.2) is 0 Å². The fourth-order valence-electron chi connectivity index (χ4n) is 2.52. The number of fused-ring (bicyclic) bond motifs is 1. The van der Waals surface area contributed by atoms with E-state index in [2.05, 4.69) is 23.2 Å². The normalized spacial score (nSPS) is 21.3. The van der Waals surface area contributed by atoms with Gasteiger partial charge in [-0.15, -0.1) is 0 Å². The number of nitrogens with two attached hydrogens (primary N) is 1. The minimum Gasteiger partial charge on any atom is -0.381 e. The van der Waals surface area contributed by atoms with Crippen LogP contribution in [0.2, 0.25) is 0 Å². The van der Waals surface area contributed by atoms with Crippen molar-refractivity contribution in [2.24, 2.45) is 11.7 Å². The molecule has 3 heteroatoms. The lowest BCUT2D eigenvalue weighted by molar-refractivity contribution is 0.180. The lowest BCUT2D eigenvalue weighted by Gasteiger charge is -2.17. The number of aromatic nitrogens is 1. The first kappa shape index (κ1) is 11.6. The number of hydrogen-bond acceptors (Lipinski definition) is 3. The second-order valence-corrected chi connectivity index (χ2v) is 4.99. The lowest BCUT2D eigenvalue weighted by atomic mass is 9.95. The average molecular weight is 242 g/mol. The highest BCUT2D eigenvalue weighted by molar-refractivity contribution is 5.78. The number of nitrogens with zero attached hydrogens (tertiary/aromatic N) is 1. The van der Waals surface area contributed by atoms with Gasteiger partial charge < -0.3 is 10.5 Å². The summed E-state index contributed by atoms with van der Waals surface area (Å²) in [4.78, 5) is 4.67. The summed E-state index contributed by atoms with van der Waals surface area (Å²) in [5.41, 5.74) is 8.36. The van der Waals surface area contributed by atoms with Gasteiger partial charge in [0.05, 0.1) is 12.1 Å². The van der Waals surface area contributed by atoms with Crippen molar-refractivity contribution in [2.45, 2.75) is 18.9 Å². The van der Waals surface area contributed by atoms with Crippen LogP contribution in [0.1, 0.15) is 12.1 Å². The van der Waals surface area contributed by atoms with Gasteiger partial charge in [-0.05, 0) is 24.5 Å². The second kappa shape index (κ2) is 5.04. The Morgan fingerprint density at radius 2 is 2.17 bits per heavy atom. The molecule has 1 fully saturated rings. The molecule has 2 aromatic rings. The van der Waals surface area contributed by atoms with E-state index in [0.29, 0.717) is 5.92 Å². The van der Waals surface area contributed by atoms with E-state index in [0.717, 1.165) is 37.3 Å². The van der Waals surface area contributed by atoms with Crippen LogP contribution in [0.3, 0.4) is 0 Å². The molecular weight excluding hydrogens is 224 g/mol. The van der Waals surface area contributed by atoms with Gasteiger partial charge in [-0.25, -0.2) is 0 Å². The lowest BCUT2D eigenvalue weighted by Crippen LogP contribution is -2.32. The van der Waals surface area contributed by atoms with Crippen LogP contribution in [0.5, 0.6) is 0 Å². The highest BCUT2D eigenvalue weighted by atomic mass is 16.5. The first-order chi connectivity index (χ1) is 8.83. The van der Waals surface area contributed by atoms with Gasteiger partial charge >= 0.3 is 0 Å². The van der Waals surface area contributed by atoms with Crippen LogP contribution in [0.15, 0.2) is 36.4 Å². The highest BCUT2D eigenvalue weighted by Gasteiger charge is 2.23. The van der Waals surface area contributed by atoms with E-state index in [4.69, 9.17) is 10.5 Å². The number of ether oxygens (including phenoxy) is 1. The van der Waals surface area contributed by atoms with Gasteiger partial charge in [-0.2, -0.15) is 0 Å². The smallest absolute Gasteiger partial charge is 0.0705 e. The average Bonchev–Trinajstić information content (AvgIpc) is 2.92. The molecule has 0 radical (unpaired) electrons. The van der Waals surface area contributed by atoms with Crippen molar-refractivity contribution in [3.05, 3.63) is 42.1 Å². The molecule has 0 amide bonds. The Kier molecular flexibility index (Phi) is 3.26. The van der Waals surface area contributed by atoms with Crippen LogP contribution in [0, 0.1) is 5.92 Å². The molecule has 0 bridgehead atoms. The maximum absolute atomic E-state index is 6.24. The Morgan fingerprint density at radius 1 is 1.28 bits per heavy atom. The quantitative estimate of drug-likeness (QED) is 0.897. The Hall–Kier alpha value is -1.45. The maximum Gasteiger partial charge on any atom is 0.0705 e. The van der Waals surface area contributed by atoms with Crippen molar-refractivity contribution >= 4 is 10.9 Å². The molecule has 0 aliphatic carbocycles. The van der Waals surface area contributed by atoms with E-state index >= 15 is 0 Å². The predicted octanol–water partition coefficient (Wildman–Crippen LogP) is 2.14. The number of para-hydroxylation sites is 1. The van der Waals surface area contributed by atoms with Crippen molar-refractivity contribution in [3.63, 3.8) is 0 Å². The fraction of sp³-hybridized carbons (Fsp3) is 0.400. The molecule has 3 rings (SSSR count). The second-order valence-electron chi connectivity index (χ2n) is 4.99. The van der Waals surface area contributed by atoms with Crippen molar-refractivity contribution in [1.29, 1.82) is 0 Å². The van der Waals surface area contributed by atoms with Crippen LogP contribution in [0.4, 0.5) is 0 Å². The first-order valence-electron chi connectivity index (χ1n) is 6.51. The summed E-state index contributed by atoms with van der Waals surface area (Å²) in [6, 6.07) is 12.5. The van der Waals surface area contributed by atoms with Crippen molar-refractivity contribution in [1.82, 2.24) is 4.98 Å². The van der Waals surface area contributed by atoms with Crippen LogP contribution in [0.25, 0.3) is 10.9 Å². The van der Waals surface area contributed by atoms with E-state index in [9.17, 15) is 0 Å². The number of rotatable bonds is 3. The Labute approximate surface area is 107 Å². The molecule has 1 aliphatic heterocycles. The molecule has 2 atom stereocenters. The Morgan fingerprint density at radius 3 is 3.00 bits per heavy atom. The largest absolute Gasteiger partial charge is 0.381 e. The van der Waals surface area contributed by atoms with Crippen molar-refractivity contribution in [2.75, 3.05) is 13.2 Å². The molecule has 2 heterocycles. The zero-order valence-electron chi connectivity index (χ0n) is 10.4. The van der Waals surface area contributed by atoms with E-state index < -0.39 is 0 Å². The SMILES string of the molecule is NC(Cc1ccc2ccccc2n1)C1CCOC1.